The van der Waals surface area contributed by atoms with Crippen LogP contribution < -0.4 is 4.90 Å². The highest BCUT2D eigenvalue weighted by Gasteiger charge is 2.18. The van der Waals surface area contributed by atoms with Crippen molar-refractivity contribution in [2.24, 2.45) is 0 Å². The average molecular weight is 311 g/mol. The van der Waals surface area contributed by atoms with Gasteiger partial charge in [-0.05, 0) is 38.5 Å². The van der Waals surface area contributed by atoms with Gasteiger partial charge < -0.3 is 9.80 Å². The van der Waals surface area contributed by atoms with Gasteiger partial charge in [0.2, 0.25) is 11.8 Å². The third kappa shape index (κ3) is 4.46. The van der Waals surface area contributed by atoms with Crippen LogP contribution in [0.2, 0.25) is 5.02 Å². The van der Waals surface area contributed by atoms with E-state index < -0.39 is 0 Å². The van der Waals surface area contributed by atoms with E-state index in [4.69, 9.17) is 11.6 Å². The van der Waals surface area contributed by atoms with E-state index in [1.165, 1.54) is 6.92 Å². The van der Waals surface area contributed by atoms with Crippen molar-refractivity contribution in [3.63, 3.8) is 0 Å². The number of anilines is 1. The summed E-state index contributed by atoms with van der Waals surface area (Å²) in [5.41, 5.74) is 1.62. The lowest BCUT2D eigenvalue weighted by Gasteiger charge is -2.25. The number of carbonyl (C=O) groups is 2. The van der Waals surface area contributed by atoms with Crippen LogP contribution in [0.1, 0.15) is 32.8 Å². The fraction of sp³-hybridized carbons (Fsp3) is 0.500. The van der Waals surface area contributed by atoms with Crippen LogP contribution in [0.5, 0.6) is 0 Å². The van der Waals surface area contributed by atoms with Crippen molar-refractivity contribution in [2.75, 3.05) is 24.5 Å². The summed E-state index contributed by atoms with van der Waals surface area (Å²) in [5, 5.41) is 0.619. The van der Waals surface area contributed by atoms with Crippen LogP contribution in [0.15, 0.2) is 18.2 Å². The number of benzene rings is 1. The molecule has 0 saturated carbocycles. The minimum absolute atomic E-state index is 0.0610. The molecule has 1 aromatic rings. The molecule has 5 heteroatoms. The summed E-state index contributed by atoms with van der Waals surface area (Å²) < 4.78 is 0. The van der Waals surface area contributed by atoms with Crippen molar-refractivity contribution >= 4 is 29.1 Å². The molecule has 2 amide bonds. The van der Waals surface area contributed by atoms with Gasteiger partial charge in [0.15, 0.2) is 0 Å². The van der Waals surface area contributed by atoms with Gasteiger partial charge >= 0.3 is 0 Å². The van der Waals surface area contributed by atoms with E-state index >= 15 is 0 Å². The van der Waals surface area contributed by atoms with Gasteiger partial charge in [-0.25, -0.2) is 0 Å². The third-order valence-corrected chi connectivity index (χ3v) is 3.98. The number of amides is 2. The smallest absolute Gasteiger partial charge is 0.224 e. The van der Waals surface area contributed by atoms with Crippen molar-refractivity contribution in [3.05, 3.63) is 28.8 Å². The zero-order valence-electron chi connectivity index (χ0n) is 13.1. The van der Waals surface area contributed by atoms with Crippen molar-refractivity contribution < 1.29 is 9.59 Å². The second kappa shape index (κ2) is 8.03. The molecule has 0 atom stereocenters. The van der Waals surface area contributed by atoms with E-state index in [9.17, 15) is 9.59 Å². The van der Waals surface area contributed by atoms with Crippen molar-refractivity contribution in [3.8, 4) is 0 Å². The molecular weight excluding hydrogens is 288 g/mol. The van der Waals surface area contributed by atoms with Gasteiger partial charge in [0.05, 0.1) is 0 Å². The molecule has 0 saturated heterocycles. The van der Waals surface area contributed by atoms with Crippen LogP contribution in [0.25, 0.3) is 0 Å². The monoisotopic (exact) mass is 310 g/mol. The fourth-order valence-electron chi connectivity index (χ4n) is 2.28. The number of halogens is 1. The van der Waals surface area contributed by atoms with Crippen LogP contribution in [0.4, 0.5) is 5.69 Å². The van der Waals surface area contributed by atoms with Crippen LogP contribution in [-0.2, 0) is 9.59 Å². The Morgan fingerprint density at radius 3 is 2.33 bits per heavy atom. The first-order chi connectivity index (χ1) is 9.92. The second-order valence-electron chi connectivity index (χ2n) is 4.87. The Morgan fingerprint density at radius 2 is 1.81 bits per heavy atom. The van der Waals surface area contributed by atoms with Crippen LogP contribution >= 0.6 is 11.6 Å². The lowest BCUT2D eigenvalue weighted by atomic mass is 10.1. The number of nitrogens with zero attached hydrogens (tertiary/aromatic N) is 2. The van der Waals surface area contributed by atoms with E-state index in [0.29, 0.717) is 31.1 Å². The highest BCUT2D eigenvalue weighted by atomic mass is 35.5. The van der Waals surface area contributed by atoms with Gasteiger partial charge in [-0.15, -0.1) is 0 Å². The number of hydrogen-bond acceptors (Lipinski definition) is 2. The second-order valence-corrected chi connectivity index (χ2v) is 5.28. The highest BCUT2D eigenvalue weighted by Crippen LogP contribution is 2.26. The lowest BCUT2D eigenvalue weighted by molar-refractivity contribution is -0.130. The maximum atomic E-state index is 12.1. The molecule has 0 radical (unpaired) electrons. The Balaban J connectivity index is 2.87. The summed E-state index contributed by atoms with van der Waals surface area (Å²) in [6.07, 6.45) is 0.313. The molecule has 4 nitrogen and oxygen atoms in total. The molecule has 1 rings (SSSR count). The Hall–Kier alpha value is -1.55. The fourth-order valence-corrected chi connectivity index (χ4v) is 2.45. The van der Waals surface area contributed by atoms with E-state index in [1.807, 2.05) is 32.9 Å². The third-order valence-electron chi connectivity index (χ3n) is 3.58. The summed E-state index contributed by atoms with van der Waals surface area (Å²) in [4.78, 5) is 27.3. The van der Waals surface area contributed by atoms with E-state index in [1.54, 1.807) is 15.9 Å². The van der Waals surface area contributed by atoms with Crippen LogP contribution in [0, 0.1) is 6.92 Å². The van der Waals surface area contributed by atoms with E-state index in [2.05, 4.69) is 0 Å². The molecule has 0 spiro atoms. The zero-order valence-corrected chi connectivity index (χ0v) is 13.9. The molecule has 0 unspecified atom stereocenters. The molecule has 0 aliphatic carbocycles. The molecule has 0 heterocycles. The largest absolute Gasteiger partial charge is 0.343 e. The van der Waals surface area contributed by atoms with E-state index in [0.717, 1.165) is 11.3 Å². The maximum absolute atomic E-state index is 12.1. The minimum Gasteiger partial charge on any atom is -0.343 e. The summed E-state index contributed by atoms with van der Waals surface area (Å²) >= 11 is 6.11. The molecular formula is C16H23ClN2O2. The summed E-state index contributed by atoms with van der Waals surface area (Å²) in [6.45, 7) is 9.02. The molecule has 0 fully saturated rings. The van der Waals surface area contributed by atoms with Crippen LogP contribution in [-0.4, -0.2) is 36.3 Å². The van der Waals surface area contributed by atoms with Crippen molar-refractivity contribution in [1.29, 1.82) is 0 Å². The van der Waals surface area contributed by atoms with Gasteiger partial charge in [-0.1, -0.05) is 17.7 Å². The molecule has 0 aromatic heterocycles. The molecule has 0 aliphatic heterocycles. The van der Waals surface area contributed by atoms with Gasteiger partial charge in [-0.3, -0.25) is 9.59 Å². The maximum Gasteiger partial charge on any atom is 0.224 e. The Morgan fingerprint density at radius 1 is 1.19 bits per heavy atom. The molecule has 1 aromatic carbocycles. The summed E-state index contributed by atoms with van der Waals surface area (Å²) in [6, 6.07) is 5.46. The first kappa shape index (κ1) is 17.5. The summed E-state index contributed by atoms with van der Waals surface area (Å²) in [5.74, 6) is -0.0290. The molecule has 116 valence electrons. The molecule has 0 bridgehead atoms. The molecule has 21 heavy (non-hydrogen) atoms. The van der Waals surface area contributed by atoms with Crippen LogP contribution in [0.3, 0.4) is 0 Å². The number of carbonyl (C=O) groups excluding carboxylic acids is 2. The van der Waals surface area contributed by atoms with E-state index in [-0.39, 0.29) is 11.8 Å². The highest BCUT2D eigenvalue weighted by molar-refractivity contribution is 6.31. The predicted molar refractivity (Wildman–Crippen MR) is 86.8 cm³/mol. The van der Waals surface area contributed by atoms with Crippen molar-refractivity contribution in [2.45, 2.75) is 34.1 Å². The number of rotatable bonds is 6. The predicted octanol–water partition coefficient (Wildman–Crippen LogP) is 3.26. The first-order valence-corrected chi connectivity index (χ1v) is 7.61. The standard InChI is InChI=1S/C16H23ClN2O2/c1-5-18(6-2)16(21)10-11-19(13(4)20)15-9-7-8-14(17)12(15)3/h7-9H,5-6,10-11H2,1-4H3. The van der Waals surface area contributed by atoms with Gasteiger partial charge in [0.1, 0.15) is 0 Å². The SMILES string of the molecule is CCN(CC)C(=O)CCN(C(C)=O)c1cccc(Cl)c1C. The Kier molecular flexibility index (Phi) is 6.69. The minimum atomic E-state index is -0.0901. The summed E-state index contributed by atoms with van der Waals surface area (Å²) in [7, 11) is 0. The Bertz CT molecular complexity index is 513. The average Bonchev–Trinajstić information content (AvgIpc) is 2.44. The van der Waals surface area contributed by atoms with Gasteiger partial charge in [-0.2, -0.15) is 0 Å². The quantitative estimate of drug-likeness (QED) is 0.809. The number of hydrogen-bond donors (Lipinski definition) is 0. The normalized spacial score (nSPS) is 10.3. The first-order valence-electron chi connectivity index (χ1n) is 7.23. The topological polar surface area (TPSA) is 40.6 Å². The van der Waals surface area contributed by atoms with Crippen molar-refractivity contribution in [1.82, 2.24) is 4.90 Å². The van der Waals surface area contributed by atoms with Gasteiger partial charge in [0.25, 0.3) is 0 Å². The molecule has 0 aliphatic rings. The Labute approximate surface area is 131 Å². The zero-order chi connectivity index (χ0) is 16.0. The molecule has 0 N–H and O–H groups in total. The van der Waals surface area contributed by atoms with Gasteiger partial charge in [0, 0.05) is 43.7 Å². The lowest BCUT2D eigenvalue weighted by Crippen LogP contribution is -2.36.